The minimum absolute atomic E-state index is 0.395. The second kappa shape index (κ2) is 9.35. The molecule has 6 heteroatoms. The van der Waals surface area contributed by atoms with E-state index >= 15 is 0 Å². The maximum absolute atomic E-state index is 12.1. The van der Waals surface area contributed by atoms with E-state index in [2.05, 4.69) is 26.5 Å². The summed E-state index contributed by atoms with van der Waals surface area (Å²) in [5.74, 6) is 0.0859. The number of carbonyl (C=O) groups excluding carboxylic acids is 1. The zero-order valence-corrected chi connectivity index (χ0v) is 16.6. The van der Waals surface area contributed by atoms with Crippen LogP contribution in [0.1, 0.15) is 21.5 Å². The normalized spacial score (nSPS) is 10.7. The van der Waals surface area contributed by atoms with Gasteiger partial charge in [0.1, 0.15) is 5.75 Å². The van der Waals surface area contributed by atoms with E-state index in [1.807, 2.05) is 36.4 Å². The van der Waals surface area contributed by atoms with Crippen LogP contribution in [0, 0.1) is 0 Å². The predicted molar refractivity (Wildman–Crippen MR) is 111 cm³/mol. The predicted octanol–water partition coefficient (Wildman–Crippen LogP) is 5.45. The van der Waals surface area contributed by atoms with E-state index < -0.39 is 5.97 Å². The first kappa shape index (κ1) is 19.1. The molecule has 0 bridgehead atoms. The van der Waals surface area contributed by atoms with Crippen molar-refractivity contribution in [1.29, 1.82) is 0 Å². The molecule has 3 rings (SSSR count). The monoisotopic (exact) mass is 442 g/mol. The molecule has 0 saturated carbocycles. The average Bonchev–Trinajstić information content (AvgIpc) is 2.68. The number of halogens is 2. The van der Waals surface area contributed by atoms with E-state index in [0.717, 1.165) is 15.6 Å². The number of hydrogen-bond acceptors (Lipinski definition) is 4. The van der Waals surface area contributed by atoms with Crippen LogP contribution in [0.2, 0.25) is 5.02 Å². The Morgan fingerprint density at radius 1 is 1.00 bits per heavy atom. The molecular formula is C21H16BrClN2O2. The van der Waals surface area contributed by atoms with Crippen LogP contribution in [0.3, 0.4) is 0 Å². The number of hydrazone groups is 1. The summed E-state index contributed by atoms with van der Waals surface area (Å²) in [6.07, 6.45) is 1.70. The second-order valence-electron chi connectivity index (χ2n) is 5.69. The number of nitrogens with zero attached hydrogens (tertiary/aromatic N) is 1. The molecule has 0 aliphatic rings. The molecule has 0 heterocycles. The SMILES string of the molecule is O=C(Oc1ccc(C=NNCc2ccc(Cl)cc2)cc1)c1ccc(Br)cc1. The molecule has 0 amide bonds. The first-order valence-corrected chi connectivity index (χ1v) is 9.35. The van der Waals surface area contributed by atoms with Crippen molar-refractivity contribution in [3.8, 4) is 5.75 Å². The number of carbonyl (C=O) groups is 1. The Hall–Kier alpha value is -2.63. The summed E-state index contributed by atoms with van der Waals surface area (Å²) in [4.78, 5) is 12.1. The van der Waals surface area contributed by atoms with Gasteiger partial charge in [0.15, 0.2) is 0 Å². The molecule has 0 unspecified atom stereocenters. The van der Waals surface area contributed by atoms with Gasteiger partial charge in [-0.2, -0.15) is 5.10 Å². The second-order valence-corrected chi connectivity index (χ2v) is 7.04. The van der Waals surface area contributed by atoms with E-state index in [0.29, 0.717) is 22.9 Å². The Morgan fingerprint density at radius 3 is 2.33 bits per heavy atom. The zero-order valence-electron chi connectivity index (χ0n) is 14.2. The third-order valence-electron chi connectivity index (χ3n) is 3.67. The lowest BCUT2D eigenvalue weighted by atomic mass is 10.2. The van der Waals surface area contributed by atoms with Crippen molar-refractivity contribution >= 4 is 39.7 Å². The van der Waals surface area contributed by atoms with E-state index in [1.54, 1.807) is 42.6 Å². The molecule has 136 valence electrons. The molecule has 0 spiro atoms. The summed E-state index contributed by atoms with van der Waals surface area (Å²) in [6.45, 7) is 0.608. The van der Waals surface area contributed by atoms with Gasteiger partial charge in [-0.25, -0.2) is 4.79 Å². The topological polar surface area (TPSA) is 50.7 Å². The van der Waals surface area contributed by atoms with Gasteiger partial charge < -0.3 is 10.2 Å². The number of ether oxygens (including phenoxy) is 1. The Balaban J connectivity index is 1.51. The number of rotatable bonds is 6. The van der Waals surface area contributed by atoms with Crippen molar-refractivity contribution < 1.29 is 9.53 Å². The lowest BCUT2D eigenvalue weighted by molar-refractivity contribution is 0.0735. The standard InChI is InChI=1S/C21H16BrClN2O2/c22-18-7-5-17(6-8-18)21(26)27-20-11-3-16(4-12-20)14-25-24-13-15-1-9-19(23)10-2-15/h1-12,14,24H,13H2. The molecule has 0 atom stereocenters. The zero-order chi connectivity index (χ0) is 19.1. The summed E-state index contributed by atoms with van der Waals surface area (Å²) in [5.41, 5.74) is 5.46. The minimum Gasteiger partial charge on any atom is -0.423 e. The summed E-state index contributed by atoms with van der Waals surface area (Å²) < 4.78 is 6.27. The van der Waals surface area contributed by atoms with Crippen LogP contribution in [0.25, 0.3) is 0 Å². The molecule has 0 aliphatic carbocycles. The number of esters is 1. The van der Waals surface area contributed by atoms with E-state index in [-0.39, 0.29) is 0 Å². The third-order valence-corrected chi connectivity index (χ3v) is 4.45. The molecule has 3 aromatic rings. The fourth-order valence-electron chi connectivity index (χ4n) is 2.23. The molecule has 0 fully saturated rings. The van der Waals surface area contributed by atoms with Crippen molar-refractivity contribution in [2.45, 2.75) is 6.54 Å². The maximum atomic E-state index is 12.1. The van der Waals surface area contributed by atoms with Crippen molar-refractivity contribution in [2.24, 2.45) is 5.10 Å². The first-order chi connectivity index (χ1) is 13.1. The van der Waals surface area contributed by atoms with Crippen molar-refractivity contribution in [3.05, 3.63) is 99.0 Å². The van der Waals surface area contributed by atoms with Gasteiger partial charge in [-0.05, 0) is 71.8 Å². The van der Waals surface area contributed by atoms with Crippen LogP contribution in [-0.2, 0) is 6.54 Å². The summed E-state index contributed by atoms with van der Waals surface area (Å²) >= 11 is 9.19. The molecule has 0 aromatic heterocycles. The highest BCUT2D eigenvalue weighted by Gasteiger charge is 2.08. The van der Waals surface area contributed by atoms with E-state index in [4.69, 9.17) is 16.3 Å². The highest BCUT2D eigenvalue weighted by Crippen LogP contribution is 2.15. The van der Waals surface area contributed by atoms with Crippen LogP contribution in [0.4, 0.5) is 0 Å². The van der Waals surface area contributed by atoms with Crippen molar-refractivity contribution in [2.75, 3.05) is 0 Å². The quantitative estimate of drug-likeness (QED) is 0.239. The van der Waals surface area contributed by atoms with Crippen LogP contribution >= 0.6 is 27.5 Å². The smallest absolute Gasteiger partial charge is 0.343 e. The molecule has 3 aromatic carbocycles. The lowest BCUT2D eigenvalue weighted by Crippen LogP contribution is -2.08. The van der Waals surface area contributed by atoms with Gasteiger partial charge in [-0.3, -0.25) is 0 Å². The largest absolute Gasteiger partial charge is 0.423 e. The van der Waals surface area contributed by atoms with Gasteiger partial charge in [0.2, 0.25) is 0 Å². The third kappa shape index (κ3) is 5.94. The molecule has 27 heavy (non-hydrogen) atoms. The number of hydrogen-bond donors (Lipinski definition) is 1. The highest BCUT2D eigenvalue weighted by molar-refractivity contribution is 9.10. The summed E-state index contributed by atoms with van der Waals surface area (Å²) in [7, 11) is 0. The van der Waals surface area contributed by atoms with Gasteiger partial charge in [-0.15, -0.1) is 0 Å². The Kier molecular flexibility index (Phi) is 6.63. The summed E-state index contributed by atoms with van der Waals surface area (Å²) in [5, 5.41) is 4.90. The van der Waals surface area contributed by atoms with Crippen molar-refractivity contribution in [1.82, 2.24) is 5.43 Å². The van der Waals surface area contributed by atoms with Crippen LogP contribution < -0.4 is 10.2 Å². The number of benzene rings is 3. The number of nitrogens with one attached hydrogen (secondary N) is 1. The minimum atomic E-state index is -0.395. The molecule has 0 saturated heterocycles. The van der Waals surface area contributed by atoms with Gasteiger partial charge in [0.05, 0.1) is 18.3 Å². The van der Waals surface area contributed by atoms with Gasteiger partial charge in [-0.1, -0.05) is 39.7 Å². The maximum Gasteiger partial charge on any atom is 0.343 e. The summed E-state index contributed by atoms with van der Waals surface area (Å²) in [6, 6.07) is 21.7. The Bertz CT molecular complexity index is 924. The van der Waals surface area contributed by atoms with E-state index in [9.17, 15) is 4.79 Å². The fraction of sp³-hybridized carbons (Fsp3) is 0.0476. The van der Waals surface area contributed by atoms with Crippen LogP contribution in [0.5, 0.6) is 5.75 Å². The molecule has 0 aliphatic heterocycles. The molecule has 1 N–H and O–H groups in total. The van der Waals surface area contributed by atoms with Crippen LogP contribution in [-0.4, -0.2) is 12.2 Å². The van der Waals surface area contributed by atoms with E-state index in [1.165, 1.54) is 0 Å². The Labute approximate surface area is 171 Å². The van der Waals surface area contributed by atoms with Crippen LogP contribution in [0.15, 0.2) is 82.4 Å². The molecule has 0 radical (unpaired) electrons. The average molecular weight is 444 g/mol. The van der Waals surface area contributed by atoms with Gasteiger partial charge in [0.25, 0.3) is 0 Å². The lowest BCUT2D eigenvalue weighted by Gasteiger charge is -2.05. The molecule has 4 nitrogen and oxygen atoms in total. The highest BCUT2D eigenvalue weighted by atomic mass is 79.9. The van der Waals surface area contributed by atoms with Crippen molar-refractivity contribution in [3.63, 3.8) is 0 Å². The fourth-order valence-corrected chi connectivity index (χ4v) is 2.62. The molecular weight excluding hydrogens is 428 g/mol. The Morgan fingerprint density at radius 2 is 1.67 bits per heavy atom. The van der Waals surface area contributed by atoms with Gasteiger partial charge in [0, 0.05) is 9.50 Å². The first-order valence-electron chi connectivity index (χ1n) is 8.18. The van der Waals surface area contributed by atoms with Gasteiger partial charge >= 0.3 is 5.97 Å².